The number of carbonyl (C=O) groups excluding carboxylic acids is 2. The largest absolute Gasteiger partial charge is 0.481 e. The maximum Gasteiger partial charge on any atom is 0.303 e. The standard InChI is InChI=1S/C13H22N2O4/c1-10(16)14-7-4-12(17)15-8-5-11(6-9-15)2-3-13(18)19/h11H,2-9H2,1H3,(H,14,16)(H,18,19). The van der Waals surface area contributed by atoms with E-state index in [-0.39, 0.29) is 18.2 Å². The summed E-state index contributed by atoms with van der Waals surface area (Å²) in [6.45, 7) is 3.21. The number of nitrogens with one attached hydrogen (secondary N) is 1. The molecule has 2 N–H and O–H groups in total. The van der Waals surface area contributed by atoms with Crippen molar-refractivity contribution in [1.82, 2.24) is 10.2 Å². The number of rotatable bonds is 6. The molecule has 1 aliphatic rings. The van der Waals surface area contributed by atoms with Crippen molar-refractivity contribution >= 4 is 17.8 Å². The first-order valence-electron chi connectivity index (χ1n) is 6.73. The zero-order valence-electron chi connectivity index (χ0n) is 11.4. The summed E-state index contributed by atoms with van der Waals surface area (Å²) in [4.78, 5) is 34.8. The molecule has 0 atom stereocenters. The fraction of sp³-hybridized carbons (Fsp3) is 0.769. The van der Waals surface area contributed by atoms with Crippen molar-refractivity contribution in [2.45, 2.75) is 39.0 Å². The highest BCUT2D eigenvalue weighted by molar-refractivity contribution is 5.78. The molecule has 1 aliphatic heterocycles. The molecule has 6 nitrogen and oxygen atoms in total. The fourth-order valence-corrected chi connectivity index (χ4v) is 2.30. The Morgan fingerprint density at radius 1 is 1.21 bits per heavy atom. The Labute approximate surface area is 113 Å². The number of aliphatic carboxylic acids is 1. The summed E-state index contributed by atoms with van der Waals surface area (Å²) in [5.74, 6) is -0.407. The first kappa shape index (κ1) is 15.5. The van der Waals surface area contributed by atoms with Crippen LogP contribution in [0.15, 0.2) is 0 Å². The number of hydrogen-bond acceptors (Lipinski definition) is 3. The number of nitrogens with zero attached hydrogens (tertiary/aromatic N) is 1. The van der Waals surface area contributed by atoms with Crippen LogP contribution >= 0.6 is 0 Å². The number of piperidine rings is 1. The van der Waals surface area contributed by atoms with Gasteiger partial charge in [0.1, 0.15) is 0 Å². The van der Waals surface area contributed by atoms with Crippen LogP contribution < -0.4 is 5.32 Å². The van der Waals surface area contributed by atoms with Crippen LogP contribution in [0.4, 0.5) is 0 Å². The first-order chi connectivity index (χ1) is 8.99. The highest BCUT2D eigenvalue weighted by atomic mass is 16.4. The van der Waals surface area contributed by atoms with Gasteiger partial charge in [0.25, 0.3) is 0 Å². The molecule has 108 valence electrons. The zero-order chi connectivity index (χ0) is 14.3. The van der Waals surface area contributed by atoms with Gasteiger partial charge in [0, 0.05) is 39.4 Å². The van der Waals surface area contributed by atoms with Gasteiger partial charge in [0.2, 0.25) is 11.8 Å². The Balaban J connectivity index is 2.19. The van der Waals surface area contributed by atoms with Crippen molar-refractivity contribution in [3.63, 3.8) is 0 Å². The van der Waals surface area contributed by atoms with Gasteiger partial charge in [-0.15, -0.1) is 0 Å². The summed E-state index contributed by atoms with van der Waals surface area (Å²) >= 11 is 0. The number of carboxylic acid groups (broad SMARTS) is 1. The minimum Gasteiger partial charge on any atom is -0.481 e. The van der Waals surface area contributed by atoms with Gasteiger partial charge in [0.15, 0.2) is 0 Å². The Hall–Kier alpha value is -1.59. The van der Waals surface area contributed by atoms with E-state index in [1.54, 1.807) is 4.90 Å². The van der Waals surface area contributed by atoms with Crippen LogP contribution in [0.25, 0.3) is 0 Å². The molecule has 6 heteroatoms. The molecule has 0 bridgehead atoms. The van der Waals surface area contributed by atoms with Gasteiger partial charge in [-0.2, -0.15) is 0 Å². The van der Waals surface area contributed by atoms with Gasteiger partial charge in [-0.05, 0) is 25.2 Å². The Morgan fingerprint density at radius 2 is 1.84 bits per heavy atom. The second-order valence-corrected chi connectivity index (χ2v) is 4.99. The SMILES string of the molecule is CC(=O)NCCC(=O)N1CCC(CCC(=O)O)CC1. The predicted octanol–water partition coefficient (Wildman–Crippen LogP) is 0.616. The van der Waals surface area contributed by atoms with Crippen molar-refractivity contribution in [1.29, 1.82) is 0 Å². The molecule has 0 aromatic rings. The summed E-state index contributed by atoms with van der Waals surface area (Å²) in [5, 5.41) is 11.2. The van der Waals surface area contributed by atoms with Crippen LogP contribution in [0.2, 0.25) is 0 Å². The van der Waals surface area contributed by atoms with E-state index >= 15 is 0 Å². The smallest absolute Gasteiger partial charge is 0.303 e. The summed E-state index contributed by atoms with van der Waals surface area (Å²) in [6.07, 6.45) is 2.99. The lowest BCUT2D eigenvalue weighted by Gasteiger charge is -2.32. The molecule has 0 aromatic carbocycles. The Kier molecular flexibility index (Phi) is 6.32. The average Bonchev–Trinajstić information content (AvgIpc) is 2.36. The van der Waals surface area contributed by atoms with E-state index < -0.39 is 5.97 Å². The monoisotopic (exact) mass is 270 g/mol. The predicted molar refractivity (Wildman–Crippen MR) is 69.5 cm³/mol. The van der Waals surface area contributed by atoms with Crippen LogP contribution in [0.1, 0.15) is 39.0 Å². The van der Waals surface area contributed by atoms with Crippen molar-refractivity contribution in [3.05, 3.63) is 0 Å². The zero-order valence-corrected chi connectivity index (χ0v) is 11.4. The van der Waals surface area contributed by atoms with Crippen molar-refractivity contribution < 1.29 is 19.5 Å². The molecule has 2 amide bonds. The summed E-state index contributed by atoms with van der Waals surface area (Å²) in [6, 6.07) is 0. The van der Waals surface area contributed by atoms with Crippen molar-refractivity contribution in [2.75, 3.05) is 19.6 Å². The lowest BCUT2D eigenvalue weighted by Crippen LogP contribution is -2.40. The second-order valence-electron chi connectivity index (χ2n) is 4.99. The van der Waals surface area contributed by atoms with Crippen molar-refractivity contribution in [3.8, 4) is 0 Å². The molecule has 1 rings (SSSR count). The molecule has 0 spiro atoms. The molecule has 1 heterocycles. The molecule has 0 aromatic heterocycles. The third-order valence-electron chi connectivity index (χ3n) is 3.45. The number of carbonyl (C=O) groups is 3. The van der Waals surface area contributed by atoms with Crippen LogP contribution in [-0.4, -0.2) is 47.4 Å². The third kappa shape index (κ3) is 6.22. The third-order valence-corrected chi connectivity index (χ3v) is 3.45. The van der Waals surface area contributed by atoms with E-state index in [0.717, 1.165) is 12.8 Å². The molecule has 0 radical (unpaired) electrons. The number of amides is 2. The van der Waals surface area contributed by atoms with Gasteiger partial charge in [0.05, 0.1) is 0 Å². The van der Waals surface area contributed by atoms with Crippen LogP contribution in [0.3, 0.4) is 0 Å². The van der Waals surface area contributed by atoms with Gasteiger partial charge in [-0.3, -0.25) is 14.4 Å². The summed E-state index contributed by atoms with van der Waals surface area (Å²) < 4.78 is 0. The Bertz CT molecular complexity index is 336. The van der Waals surface area contributed by atoms with Gasteiger partial charge < -0.3 is 15.3 Å². The lowest BCUT2D eigenvalue weighted by atomic mass is 9.92. The van der Waals surface area contributed by atoms with Crippen LogP contribution in [-0.2, 0) is 14.4 Å². The van der Waals surface area contributed by atoms with E-state index in [0.29, 0.717) is 38.4 Å². The van der Waals surface area contributed by atoms with E-state index in [9.17, 15) is 14.4 Å². The molecule has 1 fully saturated rings. The molecule has 19 heavy (non-hydrogen) atoms. The molecule has 1 saturated heterocycles. The van der Waals surface area contributed by atoms with Gasteiger partial charge in [-0.1, -0.05) is 0 Å². The van der Waals surface area contributed by atoms with E-state index in [1.165, 1.54) is 6.92 Å². The highest BCUT2D eigenvalue weighted by Crippen LogP contribution is 2.22. The van der Waals surface area contributed by atoms with E-state index in [4.69, 9.17) is 5.11 Å². The molecular formula is C13H22N2O4. The molecular weight excluding hydrogens is 248 g/mol. The van der Waals surface area contributed by atoms with E-state index in [2.05, 4.69) is 5.32 Å². The minimum absolute atomic E-state index is 0.0606. The average molecular weight is 270 g/mol. The van der Waals surface area contributed by atoms with E-state index in [1.807, 2.05) is 0 Å². The highest BCUT2D eigenvalue weighted by Gasteiger charge is 2.22. The lowest BCUT2D eigenvalue weighted by molar-refractivity contribution is -0.138. The summed E-state index contributed by atoms with van der Waals surface area (Å²) in [5.41, 5.74) is 0. The number of hydrogen-bond donors (Lipinski definition) is 2. The second kappa shape index (κ2) is 7.76. The molecule has 0 aliphatic carbocycles. The van der Waals surface area contributed by atoms with Crippen LogP contribution in [0.5, 0.6) is 0 Å². The normalized spacial score (nSPS) is 16.2. The Morgan fingerprint density at radius 3 is 2.37 bits per heavy atom. The maximum absolute atomic E-state index is 11.8. The van der Waals surface area contributed by atoms with Crippen LogP contribution in [0, 0.1) is 5.92 Å². The molecule has 0 unspecified atom stereocenters. The van der Waals surface area contributed by atoms with Gasteiger partial charge in [-0.25, -0.2) is 0 Å². The minimum atomic E-state index is -0.756. The fourth-order valence-electron chi connectivity index (χ4n) is 2.30. The maximum atomic E-state index is 11.8. The van der Waals surface area contributed by atoms with Crippen molar-refractivity contribution in [2.24, 2.45) is 5.92 Å². The first-order valence-corrected chi connectivity index (χ1v) is 6.73. The van der Waals surface area contributed by atoms with Gasteiger partial charge >= 0.3 is 5.97 Å². The summed E-state index contributed by atoms with van der Waals surface area (Å²) in [7, 11) is 0. The number of likely N-dealkylation sites (tertiary alicyclic amines) is 1. The quantitative estimate of drug-likeness (QED) is 0.740. The number of carboxylic acids is 1. The molecule has 0 saturated carbocycles. The topological polar surface area (TPSA) is 86.7 Å².